The van der Waals surface area contributed by atoms with E-state index >= 15 is 0 Å². The zero-order chi connectivity index (χ0) is 33.1. The second-order valence-corrected chi connectivity index (χ2v) is 13.2. The molecular formula is C37H43N3O5S. The third-order valence-electron chi connectivity index (χ3n) is 7.82. The summed E-state index contributed by atoms with van der Waals surface area (Å²) < 4.78 is 35.1. The van der Waals surface area contributed by atoms with Crippen LogP contribution in [0.4, 0.5) is 5.69 Å². The molecule has 0 aliphatic rings. The fourth-order valence-corrected chi connectivity index (χ4v) is 6.56. The predicted octanol–water partition coefficient (Wildman–Crippen LogP) is 6.06. The number of hydrogen-bond donors (Lipinski definition) is 1. The number of anilines is 1. The molecule has 2 amide bonds. The van der Waals surface area contributed by atoms with Gasteiger partial charge in [-0.3, -0.25) is 13.9 Å². The van der Waals surface area contributed by atoms with Crippen molar-refractivity contribution < 1.29 is 22.7 Å². The van der Waals surface area contributed by atoms with Crippen molar-refractivity contribution in [1.82, 2.24) is 10.2 Å². The average Bonchev–Trinajstić information content (AvgIpc) is 3.06. The van der Waals surface area contributed by atoms with Gasteiger partial charge < -0.3 is 15.0 Å². The summed E-state index contributed by atoms with van der Waals surface area (Å²) in [6.45, 7) is 5.94. The summed E-state index contributed by atoms with van der Waals surface area (Å²) in [4.78, 5) is 30.0. The van der Waals surface area contributed by atoms with Crippen molar-refractivity contribution in [3.63, 3.8) is 0 Å². The zero-order valence-electron chi connectivity index (χ0n) is 27.0. The lowest BCUT2D eigenvalue weighted by atomic mass is 10.0. The number of para-hydroxylation sites is 2. The van der Waals surface area contributed by atoms with Crippen LogP contribution < -0.4 is 14.4 Å². The van der Waals surface area contributed by atoms with E-state index in [1.807, 2.05) is 75.4 Å². The van der Waals surface area contributed by atoms with Crippen LogP contribution in [0.2, 0.25) is 0 Å². The van der Waals surface area contributed by atoms with Gasteiger partial charge in [0.2, 0.25) is 11.8 Å². The molecular weight excluding hydrogens is 598 g/mol. The van der Waals surface area contributed by atoms with Crippen LogP contribution in [0, 0.1) is 13.8 Å². The van der Waals surface area contributed by atoms with Crippen molar-refractivity contribution in [2.45, 2.75) is 57.5 Å². The normalized spacial score (nSPS) is 11.8. The highest BCUT2D eigenvalue weighted by Crippen LogP contribution is 2.32. The molecule has 1 N–H and O–H groups in total. The van der Waals surface area contributed by atoms with Crippen LogP contribution in [0.3, 0.4) is 0 Å². The molecule has 1 atom stereocenters. The van der Waals surface area contributed by atoms with E-state index in [0.717, 1.165) is 39.4 Å². The van der Waals surface area contributed by atoms with Crippen molar-refractivity contribution >= 4 is 27.5 Å². The number of aryl methyl sites for hydroxylation is 2. The first-order valence-corrected chi connectivity index (χ1v) is 17.0. The summed E-state index contributed by atoms with van der Waals surface area (Å²) in [5.74, 6) is -0.508. The summed E-state index contributed by atoms with van der Waals surface area (Å²) in [6, 6.07) is 29.6. The van der Waals surface area contributed by atoms with E-state index < -0.39 is 28.5 Å². The van der Waals surface area contributed by atoms with Gasteiger partial charge in [0.25, 0.3) is 10.0 Å². The summed E-state index contributed by atoms with van der Waals surface area (Å²) >= 11 is 0. The third kappa shape index (κ3) is 8.75. The smallest absolute Gasteiger partial charge is 0.264 e. The van der Waals surface area contributed by atoms with Gasteiger partial charge in [0, 0.05) is 19.5 Å². The van der Waals surface area contributed by atoms with Crippen molar-refractivity contribution in [2.24, 2.45) is 0 Å². The second-order valence-electron chi connectivity index (χ2n) is 11.4. The Balaban J connectivity index is 1.81. The van der Waals surface area contributed by atoms with Crippen LogP contribution in [-0.4, -0.2) is 51.4 Å². The number of methoxy groups -OCH3 is 1. The minimum Gasteiger partial charge on any atom is -0.495 e. The summed E-state index contributed by atoms with van der Waals surface area (Å²) in [5, 5.41) is 3.01. The number of amides is 2. The Labute approximate surface area is 273 Å². The first-order chi connectivity index (χ1) is 22.1. The van der Waals surface area contributed by atoms with Crippen molar-refractivity contribution in [3.8, 4) is 5.75 Å². The summed E-state index contributed by atoms with van der Waals surface area (Å²) in [7, 11) is -2.77. The molecule has 9 heteroatoms. The molecule has 0 saturated heterocycles. The van der Waals surface area contributed by atoms with Crippen LogP contribution >= 0.6 is 0 Å². The summed E-state index contributed by atoms with van der Waals surface area (Å²) in [6.07, 6.45) is 1.96. The molecule has 8 nitrogen and oxygen atoms in total. The molecule has 1 unspecified atom stereocenters. The maximum Gasteiger partial charge on any atom is 0.264 e. The van der Waals surface area contributed by atoms with E-state index in [-0.39, 0.29) is 29.5 Å². The largest absolute Gasteiger partial charge is 0.495 e. The Morgan fingerprint density at radius 2 is 1.41 bits per heavy atom. The van der Waals surface area contributed by atoms with Gasteiger partial charge in [-0.15, -0.1) is 0 Å². The number of rotatable bonds is 15. The van der Waals surface area contributed by atoms with Gasteiger partial charge in [-0.1, -0.05) is 103 Å². The van der Waals surface area contributed by atoms with Crippen molar-refractivity contribution in [1.29, 1.82) is 0 Å². The van der Waals surface area contributed by atoms with Crippen LogP contribution in [0.15, 0.2) is 108 Å². The fraction of sp³-hybridized carbons (Fsp3) is 0.297. The lowest BCUT2D eigenvalue weighted by molar-refractivity contribution is -0.140. The van der Waals surface area contributed by atoms with Gasteiger partial charge in [-0.25, -0.2) is 8.42 Å². The van der Waals surface area contributed by atoms with E-state index in [4.69, 9.17) is 4.74 Å². The van der Waals surface area contributed by atoms with E-state index in [2.05, 4.69) is 5.32 Å². The number of hydrogen-bond acceptors (Lipinski definition) is 5. The SMILES string of the molecule is CCCCNC(=O)C(Cc1ccccc1)N(Cc1ccc(C)cc1)C(=O)CN(c1ccccc1OC)S(=O)(=O)c1ccc(C)cc1. The molecule has 4 aromatic carbocycles. The monoisotopic (exact) mass is 641 g/mol. The van der Waals surface area contributed by atoms with Gasteiger partial charge in [-0.2, -0.15) is 0 Å². The van der Waals surface area contributed by atoms with Crippen molar-refractivity contribution in [2.75, 3.05) is 24.5 Å². The molecule has 242 valence electrons. The number of carbonyl (C=O) groups excluding carboxylic acids is 2. The maximum absolute atomic E-state index is 14.6. The molecule has 0 heterocycles. The number of carbonyl (C=O) groups is 2. The fourth-order valence-electron chi connectivity index (χ4n) is 5.14. The van der Waals surface area contributed by atoms with Gasteiger partial charge in [0.15, 0.2) is 0 Å². The van der Waals surface area contributed by atoms with Gasteiger partial charge >= 0.3 is 0 Å². The minimum atomic E-state index is -4.23. The first kappa shape index (κ1) is 34.2. The predicted molar refractivity (Wildman–Crippen MR) is 182 cm³/mol. The zero-order valence-corrected chi connectivity index (χ0v) is 27.8. The molecule has 4 aromatic rings. The number of nitrogens with zero attached hydrogens (tertiary/aromatic N) is 2. The summed E-state index contributed by atoms with van der Waals surface area (Å²) in [5.41, 5.74) is 3.89. The highest BCUT2D eigenvalue weighted by molar-refractivity contribution is 7.92. The van der Waals surface area contributed by atoms with E-state index in [1.165, 1.54) is 24.1 Å². The molecule has 0 aliphatic carbocycles. The molecule has 0 bridgehead atoms. The quantitative estimate of drug-likeness (QED) is 0.159. The molecule has 0 spiro atoms. The number of sulfonamides is 1. The Bertz CT molecular complexity index is 1690. The van der Waals surface area contributed by atoms with E-state index in [1.54, 1.807) is 36.4 Å². The molecule has 0 aliphatic heterocycles. The minimum absolute atomic E-state index is 0.0417. The number of unbranched alkanes of at least 4 members (excludes halogenated alkanes) is 1. The van der Waals surface area contributed by atoms with Gasteiger partial charge in [0.05, 0.1) is 17.7 Å². The number of nitrogens with one attached hydrogen (secondary N) is 1. The number of ether oxygens (including phenoxy) is 1. The third-order valence-corrected chi connectivity index (χ3v) is 9.59. The molecule has 0 fully saturated rings. The lowest BCUT2D eigenvalue weighted by Crippen LogP contribution is -2.53. The standard InChI is InChI=1S/C37H43N3O5S/c1-5-6-24-38-37(42)34(25-30-12-8-7-9-13-30)39(26-31-20-16-28(2)17-21-31)36(41)27-40(33-14-10-11-15-35(33)45-4)46(43,44)32-22-18-29(3)19-23-32/h7-23,34H,5-6,24-27H2,1-4H3,(H,38,42). The van der Waals surface area contributed by atoms with Crippen molar-refractivity contribution in [3.05, 3.63) is 125 Å². The van der Waals surface area contributed by atoms with E-state index in [0.29, 0.717) is 12.3 Å². The maximum atomic E-state index is 14.6. The molecule has 0 radical (unpaired) electrons. The van der Waals surface area contributed by atoms with Crippen LogP contribution in [0.1, 0.15) is 42.0 Å². The molecule has 0 aromatic heterocycles. The average molecular weight is 642 g/mol. The lowest BCUT2D eigenvalue weighted by Gasteiger charge is -2.34. The molecule has 46 heavy (non-hydrogen) atoms. The van der Waals surface area contributed by atoms with Gasteiger partial charge in [-0.05, 0) is 55.7 Å². The van der Waals surface area contributed by atoms with Crippen LogP contribution in [0.5, 0.6) is 5.75 Å². The van der Waals surface area contributed by atoms with Crippen LogP contribution in [0.25, 0.3) is 0 Å². The highest BCUT2D eigenvalue weighted by atomic mass is 32.2. The van der Waals surface area contributed by atoms with Crippen LogP contribution in [-0.2, 0) is 32.6 Å². The first-order valence-electron chi connectivity index (χ1n) is 15.5. The Morgan fingerprint density at radius 3 is 2.04 bits per heavy atom. The second kappa shape index (κ2) is 16.1. The Morgan fingerprint density at radius 1 is 0.804 bits per heavy atom. The highest BCUT2D eigenvalue weighted by Gasteiger charge is 2.35. The number of benzene rings is 4. The Hall–Kier alpha value is -4.63. The topological polar surface area (TPSA) is 96.0 Å². The molecule has 4 rings (SSSR count). The molecule has 0 saturated carbocycles. The Kier molecular flexibility index (Phi) is 12.0. The van der Waals surface area contributed by atoms with Gasteiger partial charge in [0.1, 0.15) is 18.3 Å². The van der Waals surface area contributed by atoms with E-state index in [9.17, 15) is 18.0 Å².